The van der Waals surface area contributed by atoms with Crippen LogP contribution in [0.15, 0.2) is 24.5 Å². The molecule has 0 spiro atoms. The van der Waals surface area contributed by atoms with Crippen LogP contribution < -0.4 is 11.1 Å². The summed E-state index contributed by atoms with van der Waals surface area (Å²) < 4.78 is 1.53. The number of nitrogens with zero attached hydrogens (tertiary/aromatic N) is 4. The number of aryl methyl sites for hydroxylation is 1. The highest BCUT2D eigenvalue weighted by Crippen LogP contribution is 2.19. The zero-order valence-corrected chi connectivity index (χ0v) is 11.6. The van der Waals surface area contributed by atoms with Gasteiger partial charge in [0.25, 0.3) is 0 Å². The van der Waals surface area contributed by atoms with Gasteiger partial charge in [0.2, 0.25) is 5.91 Å². The van der Waals surface area contributed by atoms with Gasteiger partial charge in [0.15, 0.2) is 0 Å². The van der Waals surface area contributed by atoms with Gasteiger partial charge in [-0.05, 0) is 41.5 Å². The van der Waals surface area contributed by atoms with Crippen molar-refractivity contribution in [3.05, 3.63) is 30.1 Å². The first-order chi connectivity index (χ1) is 9.61. The normalized spacial score (nSPS) is 12.2. The summed E-state index contributed by atoms with van der Waals surface area (Å²) in [7, 11) is 0. The maximum atomic E-state index is 12.0. The van der Waals surface area contributed by atoms with Crippen LogP contribution in [0, 0.1) is 6.92 Å². The summed E-state index contributed by atoms with van der Waals surface area (Å²) in [5, 5.41) is 13.8. The summed E-state index contributed by atoms with van der Waals surface area (Å²) in [6, 6.07) is 5.11. The molecular formula is C13H18N6O. The molecule has 1 aromatic carbocycles. The van der Waals surface area contributed by atoms with Gasteiger partial charge in [0.1, 0.15) is 6.33 Å². The molecule has 2 aromatic rings. The van der Waals surface area contributed by atoms with E-state index in [0.717, 1.165) is 23.4 Å². The fourth-order valence-electron chi connectivity index (χ4n) is 1.83. The van der Waals surface area contributed by atoms with E-state index < -0.39 is 6.04 Å². The molecule has 0 bridgehead atoms. The molecule has 0 saturated heterocycles. The number of hydrogen-bond donors (Lipinski definition) is 2. The van der Waals surface area contributed by atoms with Crippen LogP contribution in [-0.2, 0) is 4.79 Å². The summed E-state index contributed by atoms with van der Waals surface area (Å²) in [5.74, 6) is -0.177. The second-order valence-electron chi connectivity index (χ2n) is 4.64. The van der Waals surface area contributed by atoms with Gasteiger partial charge in [-0.15, -0.1) is 5.10 Å². The van der Waals surface area contributed by atoms with Crippen LogP contribution in [0.2, 0.25) is 0 Å². The molecule has 106 valence electrons. The zero-order chi connectivity index (χ0) is 14.5. The van der Waals surface area contributed by atoms with Crippen LogP contribution in [0.5, 0.6) is 0 Å². The summed E-state index contributed by atoms with van der Waals surface area (Å²) in [4.78, 5) is 12.0. The Labute approximate surface area is 117 Å². The number of carbonyl (C=O) groups excluding carboxylic acids is 1. The topological polar surface area (TPSA) is 98.7 Å². The van der Waals surface area contributed by atoms with Crippen LogP contribution in [0.3, 0.4) is 0 Å². The zero-order valence-electron chi connectivity index (χ0n) is 11.6. The van der Waals surface area contributed by atoms with Crippen molar-refractivity contribution in [3.63, 3.8) is 0 Å². The van der Waals surface area contributed by atoms with Crippen LogP contribution in [-0.4, -0.2) is 32.2 Å². The molecule has 0 fully saturated rings. The van der Waals surface area contributed by atoms with Gasteiger partial charge < -0.3 is 11.1 Å². The third-order valence-electron chi connectivity index (χ3n) is 3.03. The van der Waals surface area contributed by atoms with Crippen molar-refractivity contribution in [1.82, 2.24) is 20.2 Å². The first kappa shape index (κ1) is 14.1. The first-order valence-electron chi connectivity index (χ1n) is 6.52. The molecule has 0 aliphatic rings. The van der Waals surface area contributed by atoms with Crippen molar-refractivity contribution in [2.45, 2.75) is 32.7 Å². The molecule has 0 aliphatic carbocycles. The molecular weight excluding hydrogens is 256 g/mol. The smallest absolute Gasteiger partial charge is 0.241 e. The van der Waals surface area contributed by atoms with E-state index >= 15 is 0 Å². The summed E-state index contributed by atoms with van der Waals surface area (Å²) in [6.45, 7) is 3.92. The van der Waals surface area contributed by atoms with Crippen LogP contribution in [0.4, 0.5) is 5.69 Å². The van der Waals surface area contributed by atoms with Crippen LogP contribution >= 0.6 is 0 Å². The first-order valence-corrected chi connectivity index (χ1v) is 6.52. The number of hydrogen-bond acceptors (Lipinski definition) is 5. The van der Waals surface area contributed by atoms with Crippen molar-refractivity contribution < 1.29 is 4.79 Å². The number of nitrogens with one attached hydrogen (secondary N) is 1. The molecule has 2 rings (SSSR count). The Hall–Kier alpha value is -2.28. The standard InChI is InChI=1S/C13H18N6O/c1-3-4-11(14)13(20)16-12-7-10(6-5-9(12)2)19-8-15-17-18-19/h5-8,11H,3-4,14H2,1-2H3,(H,16,20)/t11-/m1/s1. The minimum absolute atomic E-state index is 0.177. The Bertz CT molecular complexity index is 581. The Morgan fingerprint density at radius 1 is 1.50 bits per heavy atom. The SMILES string of the molecule is CCC[C@@H](N)C(=O)Nc1cc(-n2cnnn2)ccc1C. The molecule has 3 N–H and O–H groups in total. The molecule has 7 heteroatoms. The third-order valence-corrected chi connectivity index (χ3v) is 3.03. The van der Waals surface area contributed by atoms with Gasteiger partial charge >= 0.3 is 0 Å². The van der Waals surface area contributed by atoms with Crippen molar-refractivity contribution in [3.8, 4) is 5.69 Å². The van der Waals surface area contributed by atoms with Crippen molar-refractivity contribution in [1.29, 1.82) is 0 Å². The van der Waals surface area contributed by atoms with Gasteiger partial charge in [0, 0.05) is 5.69 Å². The Morgan fingerprint density at radius 3 is 2.95 bits per heavy atom. The van der Waals surface area contributed by atoms with Crippen LogP contribution in [0.1, 0.15) is 25.3 Å². The van der Waals surface area contributed by atoms with Crippen molar-refractivity contribution >= 4 is 11.6 Å². The number of anilines is 1. The predicted octanol–water partition coefficient (Wildman–Crippen LogP) is 1.04. The largest absolute Gasteiger partial charge is 0.324 e. The molecule has 0 saturated carbocycles. The van der Waals surface area contributed by atoms with Crippen molar-refractivity contribution in [2.24, 2.45) is 5.73 Å². The summed E-state index contributed by atoms with van der Waals surface area (Å²) >= 11 is 0. The van der Waals surface area contributed by atoms with Gasteiger partial charge in [-0.2, -0.15) is 0 Å². The Balaban J connectivity index is 2.19. The highest BCUT2D eigenvalue weighted by molar-refractivity contribution is 5.95. The lowest BCUT2D eigenvalue weighted by atomic mass is 10.1. The van der Waals surface area contributed by atoms with E-state index in [1.807, 2.05) is 32.0 Å². The monoisotopic (exact) mass is 274 g/mol. The van der Waals surface area contributed by atoms with E-state index in [1.54, 1.807) is 0 Å². The summed E-state index contributed by atoms with van der Waals surface area (Å²) in [6.07, 6.45) is 3.04. The maximum absolute atomic E-state index is 12.0. The second-order valence-corrected chi connectivity index (χ2v) is 4.64. The minimum atomic E-state index is -0.490. The number of amides is 1. The fourth-order valence-corrected chi connectivity index (χ4v) is 1.83. The molecule has 1 heterocycles. The lowest BCUT2D eigenvalue weighted by Gasteiger charge is -2.14. The van der Waals surface area contributed by atoms with Gasteiger partial charge in [-0.25, -0.2) is 4.68 Å². The van der Waals surface area contributed by atoms with Crippen molar-refractivity contribution in [2.75, 3.05) is 5.32 Å². The quantitative estimate of drug-likeness (QED) is 0.848. The molecule has 0 radical (unpaired) electrons. The molecule has 0 unspecified atom stereocenters. The number of carbonyl (C=O) groups is 1. The summed E-state index contributed by atoms with van der Waals surface area (Å²) in [5.41, 5.74) is 8.26. The molecule has 1 aromatic heterocycles. The van der Waals surface area contributed by atoms with E-state index in [0.29, 0.717) is 6.42 Å². The number of rotatable bonds is 5. The molecule has 0 aliphatic heterocycles. The number of tetrazole rings is 1. The van der Waals surface area contributed by atoms with E-state index in [1.165, 1.54) is 11.0 Å². The molecule has 1 amide bonds. The molecule has 1 atom stereocenters. The maximum Gasteiger partial charge on any atom is 0.241 e. The lowest BCUT2D eigenvalue weighted by molar-refractivity contribution is -0.117. The van der Waals surface area contributed by atoms with E-state index in [9.17, 15) is 4.79 Å². The lowest BCUT2D eigenvalue weighted by Crippen LogP contribution is -2.35. The second kappa shape index (κ2) is 6.25. The molecule has 20 heavy (non-hydrogen) atoms. The minimum Gasteiger partial charge on any atom is -0.324 e. The third kappa shape index (κ3) is 3.18. The molecule has 7 nitrogen and oxygen atoms in total. The van der Waals surface area contributed by atoms with Gasteiger partial charge in [0.05, 0.1) is 11.7 Å². The number of nitrogens with two attached hydrogens (primary N) is 1. The average Bonchev–Trinajstić information content (AvgIpc) is 2.95. The number of aromatic nitrogens is 4. The predicted molar refractivity (Wildman–Crippen MR) is 75.4 cm³/mol. The Kier molecular flexibility index (Phi) is 4.41. The number of benzene rings is 1. The van der Waals surface area contributed by atoms with E-state index in [4.69, 9.17) is 5.73 Å². The van der Waals surface area contributed by atoms with Gasteiger partial charge in [-0.3, -0.25) is 4.79 Å². The van der Waals surface area contributed by atoms with Crippen LogP contribution in [0.25, 0.3) is 5.69 Å². The highest BCUT2D eigenvalue weighted by atomic mass is 16.2. The highest BCUT2D eigenvalue weighted by Gasteiger charge is 2.14. The fraction of sp³-hybridized carbons (Fsp3) is 0.385. The van der Waals surface area contributed by atoms with E-state index in [-0.39, 0.29) is 5.91 Å². The van der Waals surface area contributed by atoms with E-state index in [2.05, 4.69) is 20.8 Å². The average molecular weight is 274 g/mol. The van der Waals surface area contributed by atoms with Gasteiger partial charge in [-0.1, -0.05) is 19.4 Å². The Morgan fingerprint density at radius 2 is 2.30 bits per heavy atom.